The standard InChI is InChI=1S/C21H23F3N4O4/c22-21(23,24)32-18-7-5-17(6-8-18)27-20(30)26-16-3-1-15(2-4-16)19(29)25-9-10-28-11-13-31-14-12-28/h1-8H,9-14H2,(H,25,29)(H2,26,27,30). The SMILES string of the molecule is O=C(Nc1ccc(OC(F)(F)F)cc1)Nc1ccc(C(=O)NCCN2CCOCC2)cc1. The normalized spacial score (nSPS) is 14.5. The summed E-state index contributed by atoms with van der Waals surface area (Å²) in [4.78, 5) is 26.5. The van der Waals surface area contributed by atoms with Crippen LogP contribution >= 0.6 is 0 Å². The molecular formula is C21H23F3N4O4. The molecule has 0 atom stereocenters. The van der Waals surface area contributed by atoms with Crippen molar-refractivity contribution < 1.29 is 32.2 Å². The molecule has 1 aliphatic heterocycles. The summed E-state index contributed by atoms with van der Waals surface area (Å²) in [5, 5.41) is 7.94. The first-order valence-corrected chi connectivity index (χ1v) is 9.91. The number of urea groups is 1. The van der Waals surface area contributed by atoms with Crippen molar-refractivity contribution in [3.05, 3.63) is 54.1 Å². The van der Waals surface area contributed by atoms with Crippen LogP contribution in [0, 0.1) is 0 Å². The number of nitrogens with zero attached hydrogens (tertiary/aromatic N) is 1. The maximum absolute atomic E-state index is 12.2. The van der Waals surface area contributed by atoms with Crippen molar-refractivity contribution in [2.75, 3.05) is 50.0 Å². The number of hydrogen-bond donors (Lipinski definition) is 3. The molecule has 1 saturated heterocycles. The van der Waals surface area contributed by atoms with Gasteiger partial charge in [-0.2, -0.15) is 0 Å². The van der Waals surface area contributed by atoms with E-state index in [2.05, 4.69) is 25.6 Å². The highest BCUT2D eigenvalue weighted by Gasteiger charge is 2.30. The molecule has 1 fully saturated rings. The lowest BCUT2D eigenvalue weighted by Gasteiger charge is -2.26. The first-order chi connectivity index (χ1) is 15.3. The molecule has 0 spiro atoms. The summed E-state index contributed by atoms with van der Waals surface area (Å²) in [5.74, 6) is -0.599. The van der Waals surface area contributed by atoms with E-state index in [1.165, 1.54) is 12.1 Å². The molecule has 0 aliphatic carbocycles. The number of benzene rings is 2. The highest BCUT2D eigenvalue weighted by Crippen LogP contribution is 2.24. The van der Waals surface area contributed by atoms with Gasteiger partial charge < -0.3 is 25.4 Å². The van der Waals surface area contributed by atoms with Crippen molar-refractivity contribution in [3.8, 4) is 5.75 Å². The highest BCUT2D eigenvalue weighted by atomic mass is 19.4. The Kier molecular flexibility index (Phi) is 7.90. The van der Waals surface area contributed by atoms with E-state index in [9.17, 15) is 22.8 Å². The van der Waals surface area contributed by atoms with Crippen LogP contribution in [-0.2, 0) is 4.74 Å². The maximum atomic E-state index is 12.2. The Morgan fingerprint density at radius 1 is 0.938 bits per heavy atom. The number of carbonyl (C=O) groups excluding carboxylic acids is 2. The van der Waals surface area contributed by atoms with Crippen LogP contribution in [0.2, 0.25) is 0 Å². The van der Waals surface area contributed by atoms with Crippen molar-refractivity contribution in [1.82, 2.24) is 10.2 Å². The van der Waals surface area contributed by atoms with Gasteiger partial charge in [0, 0.05) is 43.1 Å². The number of alkyl halides is 3. The summed E-state index contributed by atoms with van der Waals surface area (Å²) in [6.07, 6.45) is -4.78. The number of morpholine rings is 1. The second-order valence-corrected chi connectivity index (χ2v) is 6.94. The molecule has 11 heteroatoms. The molecule has 0 radical (unpaired) electrons. The van der Waals surface area contributed by atoms with Gasteiger partial charge in [-0.25, -0.2) is 4.79 Å². The van der Waals surface area contributed by atoms with Crippen LogP contribution in [0.3, 0.4) is 0 Å². The number of anilines is 2. The molecule has 0 bridgehead atoms. The third kappa shape index (κ3) is 7.75. The van der Waals surface area contributed by atoms with E-state index in [4.69, 9.17) is 4.74 Å². The van der Waals surface area contributed by atoms with Gasteiger partial charge in [0.25, 0.3) is 5.91 Å². The Labute approximate surface area is 182 Å². The molecule has 0 saturated carbocycles. The average Bonchev–Trinajstić information content (AvgIpc) is 2.75. The Balaban J connectivity index is 1.43. The van der Waals surface area contributed by atoms with Crippen LogP contribution in [0.5, 0.6) is 5.75 Å². The number of nitrogens with one attached hydrogen (secondary N) is 3. The van der Waals surface area contributed by atoms with Gasteiger partial charge in [-0.1, -0.05) is 0 Å². The lowest BCUT2D eigenvalue weighted by Crippen LogP contribution is -2.41. The molecule has 32 heavy (non-hydrogen) atoms. The van der Waals surface area contributed by atoms with Crippen LogP contribution in [0.4, 0.5) is 29.3 Å². The van der Waals surface area contributed by atoms with Crippen molar-refractivity contribution in [2.45, 2.75) is 6.36 Å². The zero-order valence-electron chi connectivity index (χ0n) is 17.1. The topological polar surface area (TPSA) is 91.9 Å². The zero-order valence-corrected chi connectivity index (χ0v) is 17.1. The monoisotopic (exact) mass is 452 g/mol. The van der Waals surface area contributed by atoms with Gasteiger partial charge in [-0.15, -0.1) is 13.2 Å². The lowest BCUT2D eigenvalue weighted by atomic mass is 10.2. The molecular weight excluding hydrogens is 429 g/mol. The van der Waals surface area contributed by atoms with Crippen LogP contribution in [0.15, 0.2) is 48.5 Å². The summed E-state index contributed by atoms with van der Waals surface area (Å²) in [6.45, 7) is 4.38. The minimum Gasteiger partial charge on any atom is -0.406 e. The van der Waals surface area contributed by atoms with Gasteiger partial charge in [0.15, 0.2) is 0 Å². The van der Waals surface area contributed by atoms with Crippen molar-refractivity contribution in [2.24, 2.45) is 0 Å². The molecule has 1 heterocycles. The molecule has 172 valence electrons. The first-order valence-electron chi connectivity index (χ1n) is 9.91. The van der Waals surface area contributed by atoms with E-state index in [0.717, 1.165) is 31.8 Å². The van der Waals surface area contributed by atoms with Crippen molar-refractivity contribution >= 4 is 23.3 Å². The Morgan fingerprint density at radius 3 is 2.06 bits per heavy atom. The predicted octanol–water partition coefficient (Wildman–Crippen LogP) is 3.29. The second kappa shape index (κ2) is 10.8. The third-order valence-electron chi connectivity index (χ3n) is 4.57. The number of amides is 3. The van der Waals surface area contributed by atoms with Gasteiger partial charge in [-0.3, -0.25) is 9.69 Å². The predicted molar refractivity (Wildman–Crippen MR) is 112 cm³/mol. The summed E-state index contributed by atoms with van der Waals surface area (Å²) in [7, 11) is 0. The number of ether oxygens (including phenoxy) is 2. The van der Waals surface area contributed by atoms with Gasteiger partial charge in [0.2, 0.25) is 0 Å². The maximum Gasteiger partial charge on any atom is 0.573 e. The number of carbonyl (C=O) groups is 2. The minimum absolute atomic E-state index is 0.213. The fraction of sp³-hybridized carbons (Fsp3) is 0.333. The molecule has 3 N–H and O–H groups in total. The summed E-state index contributed by atoms with van der Waals surface area (Å²) >= 11 is 0. The van der Waals surface area contributed by atoms with E-state index >= 15 is 0 Å². The first kappa shape index (κ1) is 23.4. The van der Waals surface area contributed by atoms with Crippen LogP contribution in [0.1, 0.15) is 10.4 Å². The van der Waals surface area contributed by atoms with Gasteiger partial charge in [0.1, 0.15) is 5.75 Å². The largest absolute Gasteiger partial charge is 0.573 e. The van der Waals surface area contributed by atoms with Crippen LogP contribution in [-0.4, -0.2) is 62.6 Å². The molecule has 3 rings (SSSR count). The second-order valence-electron chi connectivity index (χ2n) is 6.94. The summed E-state index contributed by atoms with van der Waals surface area (Å²) in [6, 6.07) is 10.5. The quantitative estimate of drug-likeness (QED) is 0.600. The average molecular weight is 452 g/mol. The summed E-state index contributed by atoms with van der Waals surface area (Å²) in [5.41, 5.74) is 1.19. The number of rotatable bonds is 7. The van der Waals surface area contributed by atoms with E-state index in [-0.39, 0.29) is 17.3 Å². The molecule has 0 unspecified atom stereocenters. The van der Waals surface area contributed by atoms with E-state index < -0.39 is 12.4 Å². The van der Waals surface area contributed by atoms with E-state index in [1.807, 2.05) is 0 Å². The lowest BCUT2D eigenvalue weighted by molar-refractivity contribution is -0.274. The summed E-state index contributed by atoms with van der Waals surface area (Å²) < 4.78 is 45.6. The number of halogens is 3. The fourth-order valence-corrected chi connectivity index (χ4v) is 2.99. The zero-order chi connectivity index (χ0) is 23.0. The molecule has 2 aromatic rings. The Morgan fingerprint density at radius 2 is 1.50 bits per heavy atom. The van der Waals surface area contributed by atoms with Gasteiger partial charge in [-0.05, 0) is 48.5 Å². The highest BCUT2D eigenvalue weighted by molar-refractivity contribution is 6.00. The molecule has 8 nitrogen and oxygen atoms in total. The van der Waals surface area contributed by atoms with Crippen molar-refractivity contribution in [1.29, 1.82) is 0 Å². The molecule has 2 aromatic carbocycles. The third-order valence-corrected chi connectivity index (χ3v) is 4.57. The van der Waals surface area contributed by atoms with Crippen LogP contribution < -0.4 is 20.7 Å². The number of hydrogen-bond acceptors (Lipinski definition) is 5. The van der Waals surface area contributed by atoms with Crippen LogP contribution in [0.25, 0.3) is 0 Å². The minimum atomic E-state index is -4.78. The van der Waals surface area contributed by atoms with Crippen molar-refractivity contribution in [3.63, 3.8) is 0 Å². The fourth-order valence-electron chi connectivity index (χ4n) is 2.99. The van der Waals surface area contributed by atoms with Gasteiger partial charge >= 0.3 is 12.4 Å². The Hall–Kier alpha value is -3.31. The Bertz CT molecular complexity index is 899. The smallest absolute Gasteiger partial charge is 0.406 e. The molecule has 1 aliphatic rings. The molecule has 0 aromatic heterocycles. The van der Waals surface area contributed by atoms with Gasteiger partial charge in [0.05, 0.1) is 13.2 Å². The van der Waals surface area contributed by atoms with E-state index in [1.54, 1.807) is 24.3 Å². The van der Waals surface area contributed by atoms with E-state index in [0.29, 0.717) is 31.0 Å². The molecule has 3 amide bonds.